The van der Waals surface area contributed by atoms with Crippen molar-refractivity contribution in [2.24, 2.45) is 5.92 Å². The smallest absolute Gasteiger partial charge is 0.243 e. The summed E-state index contributed by atoms with van der Waals surface area (Å²) in [7, 11) is -3.87. The van der Waals surface area contributed by atoms with Crippen LogP contribution in [-0.4, -0.2) is 50.3 Å². The van der Waals surface area contributed by atoms with Crippen molar-refractivity contribution in [2.75, 3.05) is 0 Å². The summed E-state index contributed by atoms with van der Waals surface area (Å²) in [6.07, 6.45) is 7.32. The molecule has 3 fully saturated rings. The molecule has 33 heavy (non-hydrogen) atoms. The van der Waals surface area contributed by atoms with E-state index in [-0.39, 0.29) is 29.1 Å². The highest BCUT2D eigenvalue weighted by Gasteiger charge is 2.58. The Morgan fingerprint density at radius 3 is 2.45 bits per heavy atom. The minimum absolute atomic E-state index is 0.0201. The van der Waals surface area contributed by atoms with E-state index in [1.54, 1.807) is 17.1 Å². The maximum atomic E-state index is 13.3. The second kappa shape index (κ2) is 8.11. The van der Waals surface area contributed by atoms with E-state index in [9.17, 15) is 17.6 Å². The third-order valence-electron chi connectivity index (χ3n) is 6.62. The molecule has 0 spiro atoms. The molecule has 0 radical (unpaired) electrons. The van der Waals surface area contributed by atoms with Gasteiger partial charge in [-0.3, -0.25) is 4.79 Å². The molecule has 2 aliphatic heterocycles. The number of aromatic nitrogens is 4. The van der Waals surface area contributed by atoms with E-state index in [0.717, 1.165) is 29.1 Å². The molecule has 0 amide bonds. The van der Waals surface area contributed by atoms with Gasteiger partial charge in [0.15, 0.2) is 5.78 Å². The van der Waals surface area contributed by atoms with Crippen LogP contribution in [0.2, 0.25) is 0 Å². The van der Waals surface area contributed by atoms with Crippen molar-refractivity contribution in [2.45, 2.75) is 56.5 Å². The van der Waals surface area contributed by atoms with Crippen molar-refractivity contribution in [3.05, 3.63) is 65.8 Å². The highest BCUT2D eigenvalue weighted by atomic mass is 32.2. The number of halogens is 1. The minimum Gasteiger partial charge on any atom is -0.298 e. The Balaban J connectivity index is 1.32. The molecule has 6 rings (SSSR count). The Labute approximate surface area is 191 Å². The molecule has 1 aliphatic carbocycles. The number of rotatable bonds is 7. The Bertz CT molecular complexity index is 1300. The van der Waals surface area contributed by atoms with Gasteiger partial charge in [-0.05, 0) is 68.9 Å². The second-order valence-electron chi connectivity index (χ2n) is 8.76. The van der Waals surface area contributed by atoms with Crippen molar-refractivity contribution >= 4 is 15.8 Å². The average molecular weight is 470 g/mol. The predicted octanol–water partition coefficient (Wildman–Crippen LogP) is 2.77. The SMILES string of the molecule is Cc1ncc(-n2cc(CCC(=O)[C@@H]3C4CC(C4)N3S(=O)(=O)c3ccc(F)cc3)c(C)n2)cn1. The molecule has 0 unspecified atom stereocenters. The lowest BCUT2D eigenvalue weighted by Gasteiger charge is -2.25. The summed E-state index contributed by atoms with van der Waals surface area (Å²) in [4.78, 5) is 21.6. The summed E-state index contributed by atoms with van der Waals surface area (Å²) in [5, 5.41) is 4.50. The van der Waals surface area contributed by atoms with Crippen molar-refractivity contribution in [3.8, 4) is 5.69 Å². The van der Waals surface area contributed by atoms with Crippen LogP contribution in [0.3, 0.4) is 0 Å². The molecule has 3 aliphatic rings. The van der Waals surface area contributed by atoms with Gasteiger partial charge < -0.3 is 0 Å². The van der Waals surface area contributed by atoms with Crippen LogP contribution in [0.1, 0.15) is 36.3 Å². The molecule has 172 valence electrons. The van der Waals surface area contributed by atoms with Crippen molar-refractivity contribution < 1.29 is 17.6 Å². The molecule has 4 heterocycles. The number of carbonyl (C=O) groups excluding carboxylic acids is 1. The fourth-order valence-electron chi connectivity index (χ4n) is 4.79. The molecule has 2 aromatic heterocycles. The van der Waals surface area contributed by atoms with Crippen LogP contribution in [0.15, 0.2) is 47.8 Å². The molecule has 8 nitrogen and oxygen atoms in total. The van der Waals surface area contributed by atoms with Crippen LogP contribution in [0.5, 0.6) is 0 Å². The van der Waals surface area contributed by atoms with Crippen molar-refractivity contribution in [1.29, 1.82) is 0 Å². The van der Waals surface area contributed by atoms with Crippen LogP contribution in [0.25, 0.3) is 5.69 Å². The maximum Gasteiger partial charge on any atom is 0.243 e. The summed E-state index contributed by atoms with van der Waals surface area (Å²) < 4.78 is 42.8. The average Bonchev–Trinajstić information content (AvgIpc) is 3.44. The van der Waals surface area contributed by atoms with Gasteiger partial charge in [-0.2, -0.15) is 9.40 Å². The summed E-state index contributed by atoms with van der Waals surface area (Å²) in [5.74, 6) is 0.131. The number of ketones is 1. The van der Waals surface area contributed by atoms with Crippen LogP contribution in [0.4, 0.5) is 4.39 Å². The van der Waals surface area contributed by atoms with Gasteiger partial charge in [-0.25, -0.2) is 27.5 Å². The molecule has 2 saturated heterocycles. The third-order valence-corrected chi connectivity index (χ3v) is 8.57. The van der Waals surface area contributed by atoms with Crippen molar-refractivity contribution in [1.82, 2.24) is 24.1 Å². The van der Waals surface area contributed by atoms with Gasteiger partial charge in [-0.1, -0.05) is 0 Å². The van der Waals surface area contributed by atoms with E-state index in [4.69, 9.17) is 0 Å². The summed E-state index contributed by atoms with van der Waals surface area (Å²) in [6.45, 7) is 3.69. The lowest BCUT2D eigenvalue weighted by molar-refractivity contribution is -0.122. The number of sulfonamides is 1. The topological polar surface area (TPSA) is 98.1 Å². The Hall–Kier alpha value is -2.98. The van der Waals surface area contributed by atoms with Gasteiger partial charge >= 0.3 is 0 Å². The molecular formula is C23H24FN5O3S. The first-order chi connectivity index (χ1) is 15.7. The fraction of sp³-hybridized carbons (Fsp3) is 0.391. The van der Waals surface area contributed by atoms with Crippen LogP contribution in [0, 0.1) is 25.6 Å². The van der Waals surface area contributed by atoms with Crippen molar-refractivity contribution in [3.63, 3.8) is 0 Å². The Kier molecular flexibility index (Phi) is 5.37. The molecule has 3 aromatic rings. The number of nitrogens with zero attached hydrogens (tertiary/aromatic N) is 5. The first kappa shape index (κ1) is 21.8. The van der Waals surface area contributed by atoms with Gasteiger partial charge in [0, 0.05) is 18.7 Å². The number of hydrogen-bond donors (Lipinski definition) is 0. The first-order valence-electron chi connectivity index (χ1n) is 10.9. The van der Waals surface area contributed by atoms with Gasteiger partial charge in [0.25, 0.3) is 0 Å². The van der Waals surface area contributed by atoms with E-state index in [0.29, 0.717) is 25.1 Å². The molecule has 2 bridgehead atoms. The van der Waals surface area contributed by atoms with Gasteiger partial charge in [0.05, 0.1) is 29.0 Å². The third kappa shape index (κ3) is 3.87. The molecule has 10 heteroatoms. The minimum atomic E-state index is -3.87. The lowest BCUT2D eigenvalue weighted by atomic mass is 9.81. The summed E-state index contributed by atoms with van der Waals surface area (Å²) in [5.41, 5.74) is 2.45. The molecule has 1 atom stereocenters. The second-order valence-corrected chi connectivity index (χ2v) is 10.6. The number of benzene rings is 1. The zero-order chi connectivity index (χ0) is 23.3. The van der Waals surface area contributed by atoms with E-state index < -0.39 is 21.9 Å². The van der Waals surface area contributed by atoms with E-state index >= 15 is 0 Å². The van der Waals surface area contributed by atoms with Crippen LogP contribution in [-0.2, 0) is 21.2 Å². The quantitative estimate of drug-likeness (QED) is 0.528. The van der Waals surface area contributed by atoms with Crippen LogP contribution < -0.4 is 0 Å². The van der Waals surface area contributed by atoms with Gasteiger partial charge in [-0.15, -0.1) is 0 Å². The zero-order valence-electron chi connectivity index (χ0n) is 18.3. The first-order valence-corrected chi connectivity index (χ1v) is 12.3. The van der Waals surface area contributed by atoms with E-state index in [2.05, 4.69) is 15.1 Å². The normalized spacial score (nSPS) is 22.3. The number of aryl methyl sites for hydroxylation is 3. The van der Waals surface area contributed by atoms with E-state index in [1.807, 2.05) is 20.0 Å². The molecular weight excluding hydrogens is 445 g/mol. The number of hydrogen-bond acceptors (Lipinski definition) is 6. The summed E-state index contributed by atoms with van der Waals surface area (Å²) in [6, 6.07) is 3.95. The Morgan fingerprint density at radius 2 is 1.79 bits per heavy atom. The highest BCUT2D eigenvalue weighted by molar-refractivity contribution is 7.89. The zero-order valence-corrected chi connectivity index (χ0v) is 19.2. The number of carbonyl (C=O) groups is 1. The number of fused-ring (bicyclic) bond motifs is 1. The lowest BCUT2D eigenvalue weighted by Crippen LogP contribution is -2.41. The van der Waals surface area contributed by atoms with E-state index in [1.165, 1.54) is 16.4 Å². The molecule has 0 N–H and O–H groups in total. The maximum absolute atomic E-state index is 13.3. The highest BCUT2D eigenvalue weighted by Crippen LogP contribution is 2.49. The standard InChI is InChI=1S/C23H24FN5O3S/c1-14-16(13-28(27-14)20-11-25-15(2)26-12-20)3-8-22(30)23-17-9-19(10-17)29(23)33(31,32)21-6-4-18(24)5-7-21/h4-7,11-13,17,19,23H,3,8-10H2,1-2H3/t17?,19?,23-/m0/s1. The molecule has 1 aromatic carbocycles. The van der Waals surface area contributed by atoms with Gasteiger partial charge in [0.2, 0.25) is 10.0 Å². The molecule has 1 saturated carbocycles. The summed E-state index contributed by atoms with van der Waals surface area (Å²) >= 11 is 0. The predicted molar refractivity (Wildman–Crippen MR) is 118 cm³/mol. The monoisotopic (exact) mass is 469 g/mol. The fourth-order valence-corrected chi connectivity index (χ4v) is 6.67. The van der Waals surface area contributed by atoms with Gasteiger partial charge in [0.1, 0.15) is 17.3 Å². The van der Waals surface area contributed by atoms with Crippen LogP contribution >= 0.6 is 0 Å². The number of Topliss-reactive ketones (excluding diaryl/α,β-unsaturated/α-hetero) is 1. The largest absolute Gasteiger partial charge is 0.298 e. The Morgan fingerprint density at radius 1 is 1.12 bits per heavy atom.